The molecular weight excluding hydrogens is 260 g/mol. The third kappa shape index (κ3) is 2.26. The zero-order valence-corrected chi connectivity index (χ0v) is 11.7. The molecule has 2 heterocycles. The molecule has 0 fully saturated rings. The molecule has 0 radical (unpaired) electrons. The van der Waals surface area contributed by atoms with Crippen LogP contribution in [0, 0.1) is 0 Å². The van der Waals surface area contributed by atoms with Gasteiger partial charge in [-0.25, -0.2) is 4.98 Å². The Kier molecular flexibility index (Phi) is 3.30. The van der Waals surface area contributed by atoms with Crippen LogP contribution in [0.4, 0.5) is 5.69 Å². The lowest BCUT2D eigenvalue weighted by Gasteiger charge is -2.16. The highest BCUT2D eigenvalue weighted by molar-refractivity contribution is 7.16. The molecule has 92 valence electrons. The van der Waals surface area contributed by atoms with Gasteiger partial charge in [-0.15, -0.1) is 22.7 Å². The topological polar surface area (TPSA) is 24.9 Å². The van der Waals surface area contributed by atoms with E-state index in [1.165, 1.54) is 15.3 Å². The predicted molar refractivity (Wildman–Crippen MR) is 80.6 cm³/mol. The number of benzene rings is 1. The van der Waals surface area contributed by atoms with Crippen LogP contribution in [0.25, 0.3) is 10.2 Å². The number of thiophene rings is 1. The molecule has 1 aromatic carbocycles. The lowest BCUT2D eigenvalue weighted by atomic mass is 10.1. The maximum Gasteiger partial charge on any atom is 0.0813 e. The summed E-state index contributed by atoms with van der Waals surface area (Å²) in [4.78, 5) is 5.69. The molecule has 4 heteroatoms. The second-order valence-corrected chi connectivity index (χ2v) is 6.02. The quantitative estimate of drug-likeness (QED) is 0.730. The molecule has 0 saturated carbocycles. The average molecular weight is 274 g/mol. The highest BCUT2D eigenvalue weighted by Gasteiger charge is 2.10. The Morgan fingerprint density at radius 2 is 2.22 bits per heavy atom. The standard InChI is InChI=1S/C14H14N2S2/c1-2-11(13-4-3-7-17-13)16-10-5-6-12-14(8-10)18-9-15-12/h3-9,11,16H,2H2,1H3. The first-order chi connectivity index (χ1) is 8.86. The number of hydrogen-bond acceptors (Lipinski definition) is 4. The second kappa shape index (κ2) is 5.08. The number of thiazole rings is 1. The van der Waals surface area contributed by atoms with Gasteiger partial charge in [-0.1, -0.05) is 13.0 Å². The van der Waals surface area contributed by atoms with E-state index in [1.807, 2.05) is 16.8 Å². The summed E-state index contributed by atoms with van der Waals surface area (Å²) >= 11 is 3.49. The van der Waals surface area contributed by atoms with Crippen molar-refractivity contribution >= 4 is 38.6 Å². The van der Waals surface area contributed by atoms with Crippen molar-refractivity contribution in [2.24, 2.45) is 0 Å². The van der Waals surface area contributed by atoms with E-state index in [9.17, 15) is 0 Å². The van der Waals surface area contributed by atoms with Gasteiger partial charge in [0.25, 0.3) is 0 Å². The molecule has 2 nitrogen and oxygen atoms in total. The highest BCUT2D eigenvalue weighted by atomic mass is 32.1. The first-order valence-corrected chi connectivity index (χ1v) is 7.76. The highest BCUT2D eigenvalue weighted by Crippen LogP contribution is 2.28. The monoisotopic (exact) mass is 274 g/mol. The van der Waals surface area contributed by atoms with Crippen LogP contribution in [0.1, 0.15) is 24.3 Å². The first-order valence-electron chi connectivity index (χ1n) is 6.00. The maximum atomic E-state index is 4.30. The van der Waals surface area contributed by atoms with E-state index in [0.29, 0.717) is 6.04 Å². The van der Waals surface area contributed by atoms with Crippen molar-refractivity contribution < 1.29 is 0 Å². The maximum absolute atomic E-state index is 4.30. The van der Waals surface area contributed by atoms with Crippen LogP contribution in [-0.2, 0) is 0 Å². The Morgan fingerprint density at radius 3 is 3.00 bits per heavy atom. The van der Waals surface area contributed by atoms with Crippen molar-refractivity contribution in [3.8, 4) is 0 Å². The third-order valence-electron chi connectivity index (χ3n) is 2.97. The Balaban J connectivity index is 1.86. The normalized spacial score (nSPS) is 12.7. The van der Waals surface area contributed by atoms with Gasteiger partial charge in [0.2, 0.25) is 0 Å². The largest absolute Gasteiger partial charge is 0.377 e. The molecular formula is C14H14N2S2. The average Bonchev–Trinajstić information content (AvgIpc) is 3.06. The van der Waals surface area contributed by atoms with Gasteiger partial charge < -0.3 is 5.32 Å². The fourth-order valence-corrected chi connectivity index (χ4v) is 3.59. The summed E-state index contributed by atoms with van der Waals surface area (Å²) in [7, 11) is 0. The fourth-order valence-electron chi connectivity index (χ4n) is 2.01. The first kappa shape index (κ1) is 11.7. The molecule has 18 heavy (non-hydrogen) atoms. The second-order valence-electron chi connectivity index (χ2n) is 4.16. The zero-order valence-electron chi connectivity index (χ0n) is 10.1. The van der Waals surface area contributed by atoms with Crippen LogP contribution in [0.3, 0.4) is 0 Å². The van der Waals surface area contributed by atoms with Gasteiger partial charge in [-0.3, -0.25) is 0 Å². The number of hydrogen-bond donors (Lipinski definition) is 1. The SMILES string of the molecule is CCC(Nc1ccc2ncsc2c1)c1cccs1. The Hall–Kier alpha value is -1.39. The molecule has 0 amide bonds. The van der Waals surface area contributed by atoms with Crippen LogP contribution in [0.5, 0.6) is 0 Å². The van der Waals surface area contributed by atoms with E-state index in [-0.39, 0.29) is 0 Å². The van der Waals surface area contributed by atoms with Crippen LogP contribution < -0.4 is 5.32 Å². The van der Waals surface area contributed by atoms with Gasteiger partial charge in [-0.05, 0) is 36.1 Å². The Morgan fingerprint density at radius 1 is 1.28 bits per heavy atom. The van der Waals surface area contributed by atoms with E-state index in [4.69, 9.17) is 0 Å². The van der Waals surface area contributed by atoms with Crippen molar-refractivity contribution in [3.63, 3.8) is 0 Å². The molecule has 2 aromatic heterocycles. The number of fused-ring (bicyclic) bond motifs is 1. The molecule has 3 rings (SSSR count). The molecule has 3 aromatic rings. The number of aromatic nitrogens is 1. The van der Waals surface area contributed by atoms with Gasteiger partial charge >= 0.3 is 0 Å². The summed E-state index contributed by atoms with van der Waals surface area (Å²) in [5, 5.41) is 5.73. The van der Waals surface area contributed by atoms with Gasteiger partial charge in [0.05, 0.1) is 21.8 Å². The number of anilines is 1. The smallest absolute Gasteiger partial charge is 0.0813 e. The zero-order chi connectivity index (χ0) is 12.4. The molecule has 0 spiro atoms. The van der Waals surface area contributed by atoms with E-state index in [2.05, 4.69) is 52.9 Å². The van der Waals surface area contributed by atoms with Crippen LogP contribution in [-0.4, -0.2) is 4.98 Å². The van der Waals surface area contributed by atoms with Crippen molar-refractivity contribution in [1.29, 1.82) is 0 Å². The molecule has 1 atom stereocenters. The van der Waals surface area contributed by atoms with Crippen LogP contribution in [0.2, 0.25) is 0 Å². The predicted octanol–water partition coefficient (Wildman–Crippen LogP) is 4.92. The summed E-state index contributed by atoms with van der Waals surface area (Å²) in [6, 6.07) is 11.1. The fraction of sp³-hybridized carbons (Fsp3) is 0.214. The Labute approximate surface area is 114 Å². The van der Waals surface area contributed by atoms with Crippen LogP contribution in [0.15, 0.2) is 41.2 Å². The summed E-state index contributed by atoms with van der Waals surface area (Å²) < 4.78 is 1.24. The van der Waals surface area contributed by atoms with Gasteiger partial charge in [0.1, 0.15) is 0 Å². The lowest BCUT2D eigenvalue weighted by molar-refractivity contribution is 0.764. The van der Waals surface area contributed by atoms with Gasteiger partial charge in [0, 0.05) is 10.6 Å². The number of nitrogens with zero attached hydrogens (tertiary/aromatic N) is 1. The van der Waals surface area contributed by atoms with Crippen LogP contribution >= 0.6 is 22.7 Å². The minimum atomic E-state index is 0.398. The Bertz CT molecular complexity index is 628. The third-order valence-corrected chi connectivity index (χ3v) is 4.74. The van der Waals surface area contributed by atoms with Gasteiger partial charge in [-0.2, -0.15) is 0 Å². The molecule has 0 bridgehead atoms. The summed E-state index contributed by atoms with van der Waals surface area (Å²) in [6.07, 6.45) is 1.08. The minimum absolute atomic E-state index is 0.398. The van der Waals surface area contributed by atoms with E-state index >= 15 is 0 Å². The molecule has 0 aliphatic heterocycles. The molecule has 0 saturated heterocycles. The minimum Gasteiger partial charge on any atom is -0.377 e. The van der Waals surface area contributed by atoms with E-state index in [0.717, 1.165) is 11.9 Å². The number of nitrogens with one attached hydrogen (secondary N) is 1. The van der Waals surface area contributed by atoms with Crippen molar-refractivity contribution in [2.45, 2.75) is 19.4 Å². The molecule has 1 N–H and O–H groups in total. The van der Waals surface area contributed by atoms with E-state index < -0.39 is 0 Å². The summed E-state index contributed by atoms with van der Waals surface area (Å²) in [5.41, 5.74) is 4.15. The number of rotatable bonds is 4. The lowest BCUT2D eigenvalue weighted by Crippen LogP contribution is -2.07. The molecule has 0 aliphatic rings. The van der Waals surface area contributed by atoms with Crippen molar-refractivity contribution in [3.05, 3.63) is 46.1 Å². The van der Waals surface area contributed by atoms with Crippen molar-refractivity contribution in [1.82, 2.24) is 4.98 Å². The molecule has 1 unspecified atom stereocenters. The van der Waals surface area contributed by atoms with E-state index in [1.54, 1.807) is 11.3 Å². The summed E-state index contributed by atoms with van der Waals surface area (Å²) in [5.74, 6) is 0. The van der Waals surface area contributed by atoms with Crippen molar-refractivity contribution in [2.75, 3.05) is 5.32 Å². The van der Waals surface area contributed by atoms with Gasteiger partial charge in [0.15, 0.2) is 0 Å². The summed E-state index contributed by atoms with van der Waals surface area (Å²) in [6.45, 7) is 2.21. The molecule has 0 aliphatic carbocycles.